The molecule has 0 N–H and O–H groups in total. The summed E-state index contributed by atoms with van der Waals surface area (Å²) in [5.41, 5.74) is 3.56. The topological polar surface area (TPSA) is 12.9 Å². The Hall–Kier alpha value is -0.890. The van der Waals surface area contributed by atoms with Gasteiger partial charge in [0.15, 0.2) is 0 Å². The van der Waals surface area contributed by atoms with Gasteiger partial charge in [0.05, 0.1) is 5.52 Å². The van der Waals surface area contributed by atoms with Crippen LogP contribution in [-0.4, -0.2) is 9.81 Å². The van der Waals surface area contributed by atoms with E-state index in [-0.39, 0.29) is 0 Å². The first kappa shape index (κ1) is 11.6. The minimum absolute atomic E-state index is 0.583. The van der Waals surface area contributed by atoms with Gasteiger partial charge in [0.2, 0.25) is 0 Å². The standard InChI is InChI=1S/C14H16BrN/c1-10(15)3-5-12-6-8-14-13(9-12)7-4-11(2)16-14/h4,6-10H,3,5H2,1-2H3. The Labute approximate surface area is 105 Å². The predicted molar refractivity (Wildman–Crippen MR) is 73.2 cm³/mol. The molecule has 1 nitrogen and oxygen atoms in total. The molecule has 0 bridgehead atoms. The van der Waals surface area contributed by atoms with Gasteiger partial charge in [-0.3, -0.25) is 4.98 Å². The third-order valence-corrected chi connectivity index (χ3v) is 3.18. The van der Waals surface area contributed by atoms with Crippen LogP contribution in [0.25, 0.3) is 10.9 Å². The van der Waals surface area contributed by atoms with Crippen LogP contribution in [0.5, 0.6) is 0 Å². The molecule has 2 aromatic rings. The van der Waals surface area contributed by atoms with E-state index in [0.717, 1.165) is 17.6 Å². The number of alkyl halides is 1. The van der Waals surface area contributed by atoms with Crippen molar-refractivity contribution in [3.8, 4) is 0 Å². The van der Waals surface area contributed by atoms with Crippen LogP contribution in [0, 0.1) is 6.92 Å². The number of halogens is 1. The maximum atomic E-state index is 4.50. The fourth-order valence-corrected chi connectivity index (χ4v) is 2.03. The Kier molecular flexibility index (Phi) is 3.59. The molecule has 2 heteroatoms. The lowest BCUT2D eigenvalue weighted by Crippen LogP contribution is -1.94. The van der Waals surface area contributed by atoms with Crippen molar-refractivity contribution in [2.45, 2.75) is 31.5 Å². The molecule has 0 spiro atoms. The zero-order valence-electron chi connectivity index (χ0n) is 9.70. The zero-order valence-corrected chi connectivity index (χ0v) is 11.3. The van der Waals surface area contributed by atoms with Crippen LogP contribution in [0.2, 0.25) is 0 Å². The van der Waals surface area contributed by atoms with E-state index in [9.17, 15) is 0 Å². The molecular formula is C14H16BrN. The summed E-state index contributed by atoms with van der Waals surface area (Å²) in [5.74, 6) is 0. The van der Waals surface area contributed by atoms with Crippen molar-refractivity contribution in [1.82, 2.24) is 4.98 Å². The van der Waals surface area contributed by atoms with Crippen LogP contribution in [0.4, 0.5) is 0 Å². The molecule has 2 rings (SSSR count). The number of fused-ring (bicyclic) bond motifs is 1. The first-order valence-corrected chi connectivity index (χ1v) is 6.57. The Morgan fingerprint density at radius 3 is 2.81 bits per heavy atom. The van der Waals surface area contributed by atoms with Crippen molar-refractivity contribution in [1.29, 1.82) is 0 Å². The normalized spacial score (nSPS) is 12.9. The second-order valence-corrected chi connectivity index (χ2v) is 5.86. The highest BCUT2D eigenvalue weighted by Crippen LogP contribution is 2.17. The van der Waals surface area contributed by atoms with Gasteiger partial charge < -0.3 is 0 Å². The van der Waals surface area contributed by atoms with E-state index in [1.807, 2.05) is 6.92 Å². The summed E-state index contributed by atoms with van der Waals surface area (Å²) >= 11 is 3.58. The molecule has 0 aliphatic heterocycles. The predicted octanol–water partition coefficient (Wildman–Crippen LogP) is 4.26. The van der Waals surface area contributed by atoms with Crippen molar-refractivity contribution in [2.24, 2.45) is 0 Å². The number of aromatic nitrogens is 1. The van der Waals surface area contributed by atoms with E-state index in [0.29, 0.717) is 4.83 Å². The molecule has 0 saturated heterocycles. The summed E-state index contributed by atoms with van der Waals surface area (Å²) in [5, 5.41) is 1.24. The second kappa shape index (κ2) is 4.96. The Morgan fingerprint density at radius 2 is 2.06 bits per heavy atom. The quantitative estimate of drug-likeness (QED) is 0.764. The summed E-state index contributed by atoms with van der Waals surface area (Å²) in [6.45, 7) is 4.21. The Bertz CT molecular complexity index is 491. The molecule has 0 aliphatic carbocycles. The number of benzene rings is 1. The summed E-state index contributed by atoms with van der Waals surface area (Å²) in [6, 6.07) is 10.8. The van der Waals surface area contributed by atoms with Gasteiger partial charge in [0.25, 0.3) is 0 Å². The van der Waals surface area contributed by atoms with Crippen LogP contribution >= 0.6 is 15.9 Å². The molecule has 0 fully saturated rings. The maximum absolute atomic E-state index is 4.50. The van der Waals surface area contributed by atoms with Gasteiger partial charge in [-0.2, -0.15) is 0 Å². The van der Waals surface area contributed by atoms with E-state index in [4.69, 9.17) is 0 Å². The second-order valence-electron chi connectivity index (χ2n) is 4.30. The number of aryl methyl sites for hydroxylation is 2. The summed E-state index contributed by atoms with van der Waals surface area (Å²) in [6.07, 6.45) is 2.29. The molecule has 0 radical (unpaired) electrons. The van der Waals surface area contributed by atoms with E-state index < -0.39 is 0 Å². The number of hydrogen-bond donors (Lipinski definition) is 0. The van der Waals surface area contributed by atoms with Crippen LogP contribution < -0.4 is 0 Å². The third kappa shape index (κ3) is 2.82. The minimum Gasteiger partial charge on any atom is -0.253 e. The first-order valence-electron chi connectivity index (χ1n) is 5.65. The summed E-state index contributed by atoms with van der Waals surface area (Å²) in [7, 11) is 0. The Balaban J connectivity index is 2.26. The van der Waals surface area contributed by atoms with E-state index in [1.54, 1.807) is 0 Å². The summed E-state index contributed by atoms with van der Waals surface area (Å²) in [4.78, 5) is 5.09. The molecule has 0 saturated carbocycles. The van der Waals surface area contributed by atoms with Crippen LogP contribution in [0.15, 0.2) is 30.3 Å². The molecule has 1 heterocycles. The first-order chi connectivity index (χ1) is 7.65. The highest BCUT2D eigenvalue weighted by atomic mass is 79.9. The van der Waals surface area contributed by atoms with Gasteiger partial charge in [-0.15, -0.1) is 0 Å². The molecule has 1 unspecified atom stereocenters. The lowest BCUT2D eigenvalue weighted by atomic mass is 10.1. The SMILES string of the molecule is Cc1ccc2cc(CCC(C)Br)ccc2n1. The van der Waals surface area contributed by atoms with Gasteiger partial charge in [0, 0.05) is 15.9 Å². The van der Waals surface area contributed by atoms with Gasteiger partial charge in [-0.25, -0.2) is 0 Å². The molecule has 1 aromatic heterocycles. The van der Waals surface area contributed by atoms with Crippen molar-refractivity contribution in [3.05, 3.63) is 41.6 Å². The lowest BCUT2D eigenvalue weighted by Gasteiger charge is -2.05. The van der Waals surface area contributed by atoms with Crippen LogP contribution in [-0.2, 0) is 6.42 Å². The largest absolute Gasteiger partial charge is 0.253 e. The number of pyridine rings is 1. The monoisotopic (exact) mass is 277 g/mol. The number of nitrogens with zero attached hydrogens (tertiary/aromatic N) is 1. The maximum Gasteiger partial charge on any atom is 0.0705 e. The highest BCUT2D eigenvalue weighted by molar-refractivity contribution is 9.09. The molecular weight excluding hydrogens is 262 g/mol. The average Bonchev–Trinajstić information content (AvgIpc) is 2.26. The van der Waals surface area contributed by atoms with Crippen molar-refractivity contribution >= 4 is 26.8 Å². The number of rotatable bonds is 3. The van der Waals surface area contributed by atoms with Crippen LogP contribution in [0.1, 0.15) is 24.6 Å². The molecule has 0 aliphatic rings. The summed E-state index contributed by atoms with van der Waals surface area (Å²) < 4.78 is 0. The van der Waals surface area contributed by atoms with Crippen molar-refractivity contribution < 1.29 is 0 Å². The fourth-order valence-electron chi connectivity index (χ4n) is 1.80. The Morgan fingerprint density at radius 1 is 1.25 bits per heavy atom. The van der Waals surface area contributed by atoms with Crippen LogP contribution in [0.3, 0.4) is 0 Å². The van der Waals surface area contributed by atoms with Gasteiger partial charge >= 0.3 is 0 Å². The molecule has 84 valence electrons. The zero-order chi connectivity index (χ0) is 11.5. The smallest absolute Gasteiger partial charge is 0.0705 e. The highest BCUT2D eigenvalue weighted by Gasteiger charge is 2.00. The molecule has 16 heavy (non-hydrogen) atoms. The van der Waals surface area contributed by atoms with Gasteiger partial charge in [-0.1, -0.05) is 35.0 Å². The minimum atomic E-state index is 0.583. The number of hydrogen-bond acceptors (Lipinski definition) is 1. The van der Waals surface area contributed by atoms with Crippen molar-refractivity contribution in [3.63, 3.8) is 0 Å². The lowest BCUT2D eigenvalue weighted by molar-refractivity contribution is 0.823. The average molecular weight is 278 g/mol. The fraction of sp³-hybridized carbons (Fsp3) is 0.357. The molecule has 0 amide bonds. The van der Waals surface area contributed by atoms with E-state index in [1.165, 1.54) is 17.4 Å². The van der Waals surface area contributed by atoms with E-state index in [2.05, 4.69) is 58.2 Å². The third-order valence-electron chi connectivity index (χ3n) is 2.72. The van der Waals surface area contributed by atoms with Gasteiger partial charge in [-0.05, 0) is 43.5 Å². The van der Waals surface area contributed by atoms with Crippen molar-refractivity contribution in [2.75, 3.05) is 0 Å². The van der Waals surface area contributed by atoms with Gasteiger partial charge in [0.1, 0.15) is 0 Å². The molecule has 1 aromatic carbocycles. The van der Waals surface area contributed by atoms with E-state index >= 15 is 0 Å². The molecule has 1 atom stereocenters.